The second-order valence-electron chi connectivity index (χ2n) is 5.85. The molecule has 1 aliphatic rings. The molecule has 1 saturated carbocycles. The van der Waals surface area contributed by atoms with Gasteiger partial charge in [-0.3, -0.25) is 0 Å². The minimum absolute atomic E-state index is 0.114. The predicted octanol–water partition coefficient (Wildman–Crippen LogP) is 1.18. The van der Waals surface area contributed by atoms with Crippen molar-refractivity contribution >= 4 is 0 Å². The van der Waals surface area contributed by atoms with Gasteiger partial charge in [-0.1, -0.05) is 0 Å². The highest BCUT2D eigenvalue weighted by Gasteiger charge is 2.43. The average Bonchev–Trinajstić information content (AvgIpc) is 3.07. The van der Waals surface area contributed by atoms with Gasteiger partial charge in [0.05, 0.1) is 37.6 Å². The van der Waals surface area contributed by atoms with E-state index in [0.717, 1.165) is 0 Å². The van der Waals surface area contributed by atoms with Crippen LogP contribution < -0.4 is 5.32 Å². The van der Waals surface area contributed by atoms with Crippen LogP contribution in [0.1, 0.15) is 33.6 Å². The molecule has 1 atom stereocenters. The predicted molar refractivity (Wildman–Crippen MR) is 68.1 cm³/mol. The quantitative estimate of drug-likeness (QED) is 0.631. The Kier molecular flexibility index (Phi) is 5.38. The van der Waals surface area contributed by atoms with Crippen molar-refractivity contribution in [2.24, 2.45) is 5.92 Å². The molecule has 4 heteroatoms. The van der Waals surface area contributed by atoms with E-state index >= 15 is 0 Å². The second-order valence-corrected chi connectivity index (χ2v) is 5.85. The molecule has 0 aromatic rings. The van der Waals surface area contributed by atoms with Crippen LogP contribution in [0.2, 0.25) is 0 Å². The Morgan fingerprint density at radius 1 is 1.24 bits per heavy atom. The summed E-state index contributed by atoms with van der Waals surface area (Å²) in [6.45, 7) is 7.95. The first-order chi connectivity index (χ1) is 7.93. The van der Waals surface area contributed by atoms with Crippen LogP contribution in [0.25, 0.3) is 0 Å². The SMILES string of the molecule is CNC(CO)(COCCOC(C)(C)C)C1CC1. The Labute approximate surface area is 105 Å². The zero-order valence-corrected chi connectivity index (χ0v) is 11.6. The van der Waals surface area contributed by atoms with E-state index < -0.39 is 0 Å². The zero-order valence-electron chi connectivity index (χ0n) is 11.6. The summed E-state index contributed by atoms with van der Waals surface area (Å²) >= 11 is 0. The van der Waals surface area contributed by atoms with Crippen LogP contribution in [0.4, 0.5) is 0 Å². The highest BCUT2D eigenvalue weighted by atomic mass is 16.5. The molecule has 102 valence electrons. The molecule has 17 heavy (non-hydrogen) atoms. The van der Waals surface area contributed by atoms with Crippen molar-refractivity contribution in [1.82, 2.24) is 5.32 Å². The van der Waals surface area contributed by atoms with E-state index in [2.05, 4.69) is 5.32 Å². The van der Waals surface area contributed by atoms with E-state index in [9.17, 15) is 5.11 Å². The smallest absolute Gasteiger partial charge is 0.0707 e. The van der Waals surface area contributed by atoms with Gasteiger partial charge in [-0.25, -0.2) is 0 Å². The van der Waals surface area contributed by atoms with Gasteiger partial charge >= 0.3 is 0 Å². The van der Waals surface area contributed by atoms with E-state index in [1.807, 2.05) is 27.8 Å². The van der Waals surface area contributed by atoms with Gasteiger partial charge in [0.25, 0.3) is 0 Å². The van der Waals surface area contributed by atoms with E-state index in [1.54, 1.807) is 0 Å². The van der Waals surface area contributed by atoms with Crippen molar-refractivity contribution in [1.29, 1.82) is 0 Å². The number of nitrogens with one attached hydrogen (secondary N) is 1. The summed E-state index contributed by atoms with van der Waals surface area (Å²) in [5.41, 5.74) is -0.362. The lowest BCUT2D eigenvalue weighted by molar-refractivity contribution is -0.0495. The molecule has 1 rings (SSSR count). The van der Waals surface area contributed by atoms with Crippen molar-refractivity contribution in [3.63, 3.8) is 0 Å². The molecule has 1 aliphatic carbocycles. The first-order valence-corrected chi connectivity index (χ1v) is 6.45. The van der Waals surface area contributed by atoms with Crippen LogP contribution in [0.15, 0.2) is 0 Å². The van der Waals surface area contributed by atoms with Crippen molar-refractivity contribution < 1.29 is 14.6 Å². The average molecular weight is 245 g/mol. The number of aliphatic hydroxyl groups is 1. The summed E-state index contributed by atoms with van der Waals surface area (Å²) in [5.74, 6) is 0.557. The molecule has 1 fully saturated rings. The first kappa shape index (κ1) is 14.9. The third-order valence-electron chi connectivity index (χ3n) is 3.26. The monoisotopic (exact) mass is 245 g/mol. The van der Waals surface area contributed by atoms with E-state index in [4.69, 9.17) is 9.47 Å². The van der Waals surface area contributed by atoms with Gasteiger partial charge < -0.3 is 19.9 Å². The molecule has 0 amide bonds. The lowest BCUT2D eigenvalue weighted by atomic mass is 9.96. The maximum absolute atomic E-state index is 9.50. The molecule has 0 spiro atoms. The minimum Gasteiger partial charge on any atom is -0.394 e. The second kappa shape index (κ2) is 6.14. The molecule has 0 bridgehead atoms. The number of hydrogen-bond donors (Lipinski definition) is 2. The molecule has 0 radical (unpaired) electrons. The molecule has 4 nitrogen and oxygen atoms in total. The molecule has 1 unspecified atom stereocenters. The molecular formula is C13H27NO3. The molecular weight excluding hydrogens is 218 g/mol. The summed E-state index contributed by atoms with van der Waals surface area (Å²) < 4.78 is 11.2. The Morgan fingerprint density at radius 3 is 2.29 bits per heavy atom. The van der Waals surface area contributed by atoms with Crippen LogP contribution in [0.5, 0.6) is 0 Å². The van der Waals surface area contributed by atoms with Gasteiger partial charge in [0.1, 0.15) is 0 Å². The van der Waals surface area contributed by atoms with Gasteiger partial charge in [-0.15, -0.1) is 0 Å². The third-order valence-corrected chi connectivity index (χ3v) is 3.26. The Balaban J connectivity index is 2.19. The summed E-state index contributed by atoms with van der Waals surface area (Å²) in [6, 6.07) is 0. The molecule has 0 aromatic heterocycles. The fraction of sp³-hybridized carbons (Fsp3) is 1.00. The summed E-state index contributed by atoms with van der Waals surface area (Å²) in [6.07, 6.45) is 2.37. The molecule has 0 saturated heterocycles. The summed E-state index contributed by atoms with van der Waals surface area (Å²) in [7, 11) is 1.89. The van der Waals surface area contributed by atoms with Crippen molar-refractivity contribution in [2.75, 3.05) is 33.5 Å². The zero-order chi connectivity index (χ0) is 12.9. The number of hydrogen-bond acceptors (Lipinski definition) is 4. The Bertz CT molecular complexity index is 217. The van der Waals surface area contributed by atoms with Crippen LogP contribution in [0.3, 0.4) is 0 Å². The minimum atomic E-state index is -0.248. The maximum Gasteiger partial charge on any atom is 0.0707 e. The van der Waals surface area contributed by atoms with Gasteiger partial charge in [-0.05, 0) is 46.6 Å². The van der Waals surface area contributed by atoms with Crippen LogP contribution in [-0.4, -0.2) is 49.7 Å². The third kappa shape index (κ3) is 4.92. The Morgan fingerprint density at radius 2 is 1.88 bits per heavy atom. The number of likely N-dealkylation sites (N-methyl/N-ethyl adjacent to an activating group) is 1. The molecule has 0 heterocycles. The van der Waals surface area contributed by atoms with Crippen LogP contribution in [0, 0.1) is 5.92 Å². The molecule has 2 N–H and O–H groups in total. The standard InChI is InChI=1S/C13H27NO3/c1-12(2,3)17-8-7-16-10-13(9-15,14-4)11-5-6-11/h11,14-15H,5-10H2,1-4H3. The fourth-order valence-electron chi connectivity index (χ4n) is 1.94. The summed E-state index contributed by atoms with van der Waals surface area (Å²) in [5, 5.41) is 12.7. The normalized spacial score (nSPS) is 20.3. The highest BCUT2D eigenvalue weighted by Crippen LogP contribution is 2.39. The van der Waals surface area contributed by atoms with E-state index in [-0.39, 0.29) is 17.7 Å². The van der Waals surface area contributed by atoms with Gasteiger partial charge in [0, 0.05) is 0 Å². The lowest BCUT2D eigenvalue weighted by Crippen LogP contribution is -2.52. The van der Waals surface area contributed by atoms with E-state index in [1.165, 1.54) is 12.8 Å². The van der Waals surface area contributed by atoms with Crippen molar-refractivity contribution in [2.45, 2.75) is 44.8 Å². The van der Waals surface area contributed by atoms with Crippen molar-refractivity contribution in [3.05, 3.63) is 0 Å². The highest BCUT2D eigenvalue weighted by molar-refractivity contribution is 5.00. The number of ether oxygens (including phenoxy) is 2. The molecule has 0 aliphatic heterocycles. The number of aliphatic hydroxyl groups excluding tert-OH is 1. The van der Waals surface area contributed by atoms with E-state index in [0.29, 0.717) is 25.7 Å². The largest absolute Gasteiger partial charge is 0.394 e. The lowest BCUT2D eigenvalue weighted by Gasteiger charge is -2.31. The van der Waals surface area contributed by atoms with Gasteiger partial charge in [0.15, 0.2) is 0 Å². The Hall–Kier alpha value is -0.160. The molecule has 0 aromatic carbocycles. The maximum atomic E-state index is 9.50. The van der Waals surface area contributed by atoms with Gasteiger partial charge in [0.2, 0.25) is 0 Å². The fourth-order valence-corrected chi connectivity index (χ4v) is 1.94. The van der Waals surface area contributed by atoms with Gasteiger partial charge in [-0.2, -0.15) is 0 Å². The van der Waals surface area contributed by atoms with Crippen LogP contribution >= 0.6 is 0 Å². The topological polar surface area (TPSA) is 50.7 Å². The van der Waals surface area contributed by atoms with Crippen molar-refractivity contribution in [3.8, 4) is 0 Å². The first-order valence-electron chi connectivity index (χ1n) is 6.45. The summed E-state index contributed by atoms with van der Waals surface area (Å²) in [4.78, 5) is 0. The van der Waals surface area contributed by atoms with Crippen LogP contribution in [-0.2, 0) is 9.47 Å². The number of rotatable bonds is 8.